The average Bonchev–Trinajstić information content (AvgIpc) is 2.38. The number of nitrogens with two attached hydrogens (primary N) is 1. The van der Waals surface area contributed by atoms with Gasteiger partial charge in [-0.2, -0.15) is 0 Å². The molecule has 0 fully saturated rings. The molecule has 3 nitrogen and oxygen atoms in total. The number of aryl methyl sites for hydroxylation is 2. The molecule has 2 rings (SSSR count). The van der Waals surface area contributed by atoms with Gasteiger partial charge in [-0.05, 0) is 93.8 Å². The largest absolute Gasteiger partial charge is 0.397 e. The lowest BCUT2D eigenvalue weighted by molar-refractivity contribution is 0.102. The van der Waals surface area contributed by atoms with Gasteiger partial charge in [0.2, 0.25) is 0 Å². The Labute approximate surface area is 140 Å². The predicted octanol–water partition coefficient (Wildman–Crippen LogP) is 4.51. The molecule has 2 aromatic carbocycles. The van der Waals surface area contributed by atoms with Crippen LogP contribution in [0, 0.1) is 17.4 Å². The molecule has 5 heteroatoms. The topological polar surface area (TPSA) is 55.1 Å². The number of carbonyl (C=O) groups is 1. The molecule has 1 amide bonds. The molecule has 2 aromatic rings. The molecule has 0 heterocycles. The molecule has 0 bridgehead atoms. The van der Waals surface area contributed by atoms with Gasteiger partial charge in [0.25, 0.3) is 5.91 Å². The number of hydrogen-bond acceptors (Lipinski definition) is 2. The third-order valence-electron chi connectivity index (χ3n) is 3.09. The van der Waals surface area contributed by atoms with E-state index in [1.807, 2.05) is 44.2 Å². The van der Waals surface area contributed by atoms with Crippen molar-refractivity contribution in [3.63, 3.8) is 0 Å². The Morgan fingerprint density at radius 3 is 2.55 bits per heavy atom. The first-order valence-electron chi connectivity index (χ1n) is 6.01. The van der Waals surface area contributed by atoms with Crippen LogP contribution in [0.25, 0.3) is 0 Å². The summed E-state index contributed by atoms with van der Waals surface area (Å²) < 4.78 is 1.77. The lowest BCUT2D eigenvalue weighted by Gasteiger charge is -2.12. The van der Waals surface area contributed by atoms with Crippen molar-refractivity contribution in [2.24, 2.45) is 0 Å². The van der Waals surface area contributed by atoms with E-state index in [9.17, 15) is 4.79 Å². The lowest BCUT2D eigenvalue weighted by Crippen LogP contribution is -2.14. The van der Waals surface area contributed by atoms with Gasteiger partial charge in [-0.15, -0.1) is 0 Å². The van der Waals surface area contributed by atoms with E-state index in [4.69, 9.17) is 5.73 Å². The van der Waals surface area contributed by atoms with Gasteiger partial charge >= 0.3 is 0 Å². The molecule has 0 unspecified atom stereocenters. The minimum absolute atomic E-state index is 0.176. The highest BCUT2D eigenvalue weighted by atomic mass is 127. The van der Waals surface area contributed by atoms with Crippen LogP contribution in [0.3, 0.4) is 0 Å². The van der Waals surface area contributed by atoms with Crippen molar-refractivity contribution < 1.29 is 4.79 Å². The van der Waals surface area contributed by atoms with E-state index in [1.54, 1.807) is 0 Å². The summed E-state index contributed by atoms with van der Waals surface area (Å²) in [6, 6.07) is 9.39. The van der Waals surface area contributed by atoms with Crippen molar-refractivity contribution in [3.8, 4) is 0 Å². The minimum Gasteiger partial charge on any atom is -0.397 e. The fourth-order valence-electron chi connectivity index (χ4n) is 1.81. The summed E-state index contributed by atoms with van der Waals surface area (Å²) in [5.41, 5.74) is 9.96. The van der Waals surface area contributed by atoms with Gasteiger partial charge in [0, 0.05) is 8.04 Å². The number of nitrogen functional groups attached to an aromatic ring is 1. The zero-order valence-corrected chi connectivity index (χ0v) is 14.9. The Morgan fingerprint density at radius 1 is 1.20 bits per heavy atom. The number of amides is 1. The number of hydrogen-bond donors (Lipinski definition) is 2. The minimum atomic E-state index is -0.176. The van der Waals surface area contributed by atoms with Crippen molar-refractivity contribution >= 4 is 55.8 Å². The maximum absolute atomic E-state index is 12.3. The number of anilines is 2. The Morgan fingerprint density at radius 2 is 1.85 bits per heavy atom. The molecule has 0 radical (unpaired) electrons. The van der Waals surface area contributed by atoms with Crippen LogP contribution >= 0.6 is 38.5 Å². The lowest BCUT2D eigenvalue weighted by atomic mass is 10.1. The molecular formula is C15H14BrIN2O. The molecule has 3 N–H and O–H groups in total. The summed E-state index contributed by atoms with van der Waals surface area (Å²) >= 11 is 5.57. The molecule has 0 aliphatic rings. The number of benzene rings is 2. The number of carbonyl (C=O) groups excluding carboxylic acids is 1. The van der Waals surface area contributed by atoms with Gasteiger partial charge in [0.15, 0.2) is 0 Å². The maximum Gasteiger partial charge on any atom is 0.256 e. The van der Waals surface area contributed by atoms with E-state index in [0.717, 1.165) is 19.2 Å². The maximum atomic E-state index is 12.3. The Balaban J connectivity index is 2.32. The van der Waals surface area contributed by atoms with Gasteiger partial charge in [0.1, 0.15) is 0 Å². The Bertz CT molecular complexity index is 686. The van der Waals surface area contributed by atoms with Crippen LogP contribution in [0.4, 0.5) is 11.4 Å². The smallest absolute Gasteiger partial charge is 0.256 e. The third kappa shape index (κ3) is 3.32. The highest BCUT2D eigenvalue weighted by Gasteiger charge is 2.12. The molecule has 104 valence electrons. The first kappa shape index (κ1) is 15.3. The van der Waals surface area contributed by atoms with Crippen LogP contribution in [-0.4, -0.2) is 5.91 Å². The van der Waals surface area contributed by atoms with E-state index in [-0.39, 0.29) is 5.91 Å². The zero-order valence-electron chi connectivity index (χ0n) is 11.1. The SMILES string of the molecule is Cc1cc(N)c(NC(=O)c2cc(I)ccc2Br)cc1C. The van der Waals surface area contributed by atoms with Crippen molar-refractivity contribution in [2.75, 3.05) is 11.1 Å². The first-order chi connectivity index (χ1) is 9.38. The quantitative estimate of drug-likeness (QED) is 0.529. The summed E-state index contributed by atoms with van der Waals surface area (Å²) in [6.07, 6.45) is 0. The molecule has 0 aromatic heterocycles. The van der Waals surface area contributed by atoms with Crippen LogP contribution in [0.15, 0.2) is 34.8 Å². The standard InChI is InChI=1S/C15H14BrIN2O/c1-8-5-13(18)14(6-9(8)2)19-15(20)11-7-10(17)3-4-12(11)16/h3-7H,18H2,1-2H3,(H,19,20). The normalized spacial score (nSPS) is 10.4. The first-order valence-corrected chi connectivity index (χ1v) is 7.89. The van der Waals surface area contributed by atoms with Gasteiger partial charge in [0.05, 0.1) is 16.9 Å². The van der Waals surface area contributed by atoms with E-state index < -0.39 is 0 Å². The van der Waals surface area contributed by atoms with E-state index >= 15 is 0 Å². The van der Waals surface area contributed by atoms with Crippen molar-refractivity contribution in [3.05, 3.63) is 55.1 Å². The number of halogens is 2. The second-order valence-corrected chi connectivity index (χ2v) is 6.70. The molecule has 0 saturated carbocycles. The second kappa shape index (κ2) is 6.13. The number of rotatable bonds is 2. The highest BCUT2D eigenvalue weighted by molar-refractivity contribution is 14.1. The molecule has 0 atom stereocenters. The van der Waals surface area contributed by atoms with Crippen LogP contribution in [-0.2, 0) is 0 Å². The van der Waals surface area contributed by atoms with Crippen molar-refractivity contribution in [2.45, 2.75) is 13.8 Å². The van der Waals surface area contributed by atoms with Gasteiger partial charge < -0.3 is 11.1 Å². The number of nitrogens with one attached hydrogen (secondary N) is 1. The van der Waals surface area contributed by atoms with Crippen LogP contribution < -0.4 is 11.1 Å². The highest BCUT2D eigenvalue weighted by Crippen LogP contribution is 2.25. The zero-order chi connectivity index (χ0) is 14.9. The van der Waals surface area contributed by atoms with Gasteiger partial charge in [-0.25, -0.2) is 0 Å². The van der Waals surface area contributed by atoms with Crippen molar-refractivity contribution in [1.29, 1.82) is 0 Å². The molecule has 0 aliphatic carbocycles. The monoisotopic (exact) mass is 444 g/mol. The third-order valence-corrected chi connectivity index (χ3v) is 4.45. The molecule has 20 heavy (non-hydrogen) atoms. The predicted molar refractivity (Wildman–Crippen MR) is 95.1 cm³/mol. The average molecular weight is 445 g/mol. The fourth-order valence-corrected chi connectivity index (χ4v) is 2.73. The summed E-state index contributed by atoms with van der Waals surface area (Å²) in [5.74, 6) is -0.176. The van der Waals surface area contributed by atoms with Gasteiger partial charge in [-0.3, -0.25) is 4.79 Å². The van der Waals surface area contributed by atoms with E-state index in [1.165, 1.54) is 0 Å². The van der Waals surface area contributed by atoms with E-state index in [2.05, 4.69) is 43.8 Å². The summed E-state index contributed by atoms with van der Waals surface area (Å²) in [7, 11) is 0. The van der Waals surface area contributed by atoms with Crippen LogP contribution in [0.5, 0.6) is 0 Å². The summed E-state index contributed by atoms with van der Waals surface area (Å²) in [5, 5.41) is 2.87. The Hall–Kier alpha value is -1.08. The van der Waals surface area contributed by atoms with E-state index in [0.29, 0.717) is 16.9 Å². The van der Waals surface area contributed by atoms with Crippen LogP contribution in [0.1, 0.15) is 21.5 Å². The molecule has 0 spiro atoms. The Kier molecular flexibility index (Phi) is 4.70. The van der Waals surface area contributed by atoms with Crippen LogP contribution in [0.2, 0.25) is 0 Å². The summed E-state index contributed by atoms with van der Waals surface area (Å²) in [4.78, 5) is 12.3. The molecule has 0 saturated heterocycles. The van der Waals surface area contributed by atoms with Gasteiger partial charge in [-0.1, -0.05) is 0 Å². The molecular weight excluding hydrogens is 431 g/mol. The molecule has 0 aliphatic heterocycles. The fraction of sp³-hybridized carbons (Fsp3) is 0.133. The summed E-state index contributed by atoms with van der Waals surface area (Å²) in [6.45, 7) is 3.99. The second-order valence-electron chi connectivity index (χ2n) is 4.60. The van der Waals surface area contributed by atoms with Crippen molar-refractivity contribution in [1.82, 2.24) is 0 Å².